The van der Waals surface area contributed by atoms with E-state index in [0.29, 0.717) is 25.9 Å². The van der Waals surface area contributed by atoms with Gasteiger partial charge in [0.05, 0.1) is 49.0 Å². The van der Waals surface area contributed by atoms with Gasteiger partial charge >= 0.3 is 17.9 Å². The van der Waals surface area contributed by atoms with E-state index >= 15 is 0 Å². The number of aliphatic hydroxyl groups excluding tert-OH is 2. The number of likely N-dealkylation sites (N-methyl/N-ethyl adjacent to an activating group) is 2. The van der Waals surface area contributed by atoms with Crippen molar-refractivity contribution in [2.24, 2.45) is 17.8 Å². The molecule has 392 valence electrons. The zero-order valence-corrected chi connectivity index (χ0v) is 42.7. The molecular formula is C52H79N3O15. The second kappa shape index (κ2) is 26.7. The second-order valence-electron chi connectivity index (χ2n) is 19.8. The van der Waals surface area contributed by atoms with Crippen LogP contribution in [-0.2, 0) is 63.5 Å². The molecule has 6 unspecified atom stereocenters. The number of nitrogens with zero attached hydrogens (tertiary/aromatic N) is 3. The van der Waals surface area contributed by atoms with Gasteiger partial charge in [0.25, 0.3) is 0 Å². The number of ether oxygens (including phenoxy) is 8. The summed E-state index contributed by atoms with van der Waals surface area (Å²) in [6.07, 6.45) is -3.78. The highest BCUT2D eigenvalue weighted by molar-refractivity contribution is 5.78. The van der Waals surface area contributed by atoms with E-state index in [1.54, 1.807) is 53.6 Å². The van der Waals surface area contributed by atoms with E-state index in [4.69, 9.17) is 37.9 Å². The number of β-amino-alcohol motifs (C(OH)–C–C–N with tert-alkyl or cyclic N) is 1. The summed E-state index contributed by atoms with van der Waals surface area (Å²) in [6.45, 7) is 11.1. The average molecular weight is 986 g/mol. The minimum Gasteiger partial charge on any atom is -0.466 e. The van der Waals surface area contributed by atoms with E-state index in [0.717, 1.165) is 22.8 Å². The predicted octanol–water partition coefficient (Wildman–Crippen LogP) is 4.16. The molecule has 3 fully saturated rings. The molecule has 18 nitrogen and oxygen atoms in total. The van der Waals surface area contributed by atoms with E-state index in [1.165, 1.54) is 7.11 Å². The smallest absolute Gasteiger partial charge is 0.309 e. The molecule has 1 aromatic carbocycles. The summed E-state index contributed by atoms with van der Waals surface area (Å²) < 4.78 is 49.3. The zero-order valence-electron chi connectivity index (χ0n) is 42.7. The molecule has 16 atom stereocenters. The van der Waals surface area contributed by atoms with Crippen molar-refractivity contribution in [3.8, 4) is 0 Å². The third kappa shape index (κ3) is 15.5. The van der Waals surface area contributed by atoms with E-state index in [-0.39, 0.29) is 44.6 Å². The molecule has 0 bridgehead atoms. The van der Waals surface area contributed by atoms with Gasteiger partial charge in [-0.2, -0.15) is 0 Å². The summed E-state index contributed by atoms with van der Waals surface area (Å²) in [5.74, 6) is -2.89. The minimum atomic E-state index is -1.50. The second-order valence-corrected chi connectivity index (χ2v) is 19.8. The van der Waals surface area contributed by atoms with E-state index in [2.05, 4.69) is 23.2 Å². The van der Waals surface area contributed by atoms with Gasteiger partial charge in [-0.25, -0.2) is 0 Å². The summed E-state index contributed by atoms with van der Waals surface area (Å²) in [7, 11) is 6.82. The van der Waals surface area contributed by atoms with Gasteiger partial charge < -0.3 is 67.8 Å². The van der Waals surface area contributed by atoms with Gasteiger partial charge in [0.2, 0.25) is 0 Å². The molecule has 3 N–H and O–H groups in total. The molecule has 4 heterocycles. The molecule has 2 aromatic rings. The van der Waals surface area contributed by atoms with Gasteiger partial charge in [-0.15, -0.1) is 0 Å². The fraction of sp³-hybridized carbons (Fsp3) is 0.712. The van der Waals surface area contributed by atoms with Crippen LogP contribution < -0.4 is 0 Å². The van der Waals surface area contributed by atoms with Crippen molar-refractivity contribution < 1.29 is 72.4 Å². The molecule has 3 saturated heterocycles. The number of cyclic esters (lactones) is 1. The molecule has 0 aliphatic carbocycles. The first-order valence-corrected chi connectivity index (χ1v) is 24.8. The van der Waals surface area contributed by atoms with Crippen molar-refractivity contribution in [2.45, 2.75) is 172 Å². The number of benzene rings is 1. The first kappa shape index (κ1) is 57.0. The predicted molar refractivity (Wildman–Crippen MR) is 258 cm³/mol. The third-order valence-corrected chi connectivity index (χ3v) is 13.8. The van der Waals surface area contributed by atoms with Crippen LogP contribution in [0.25, 0.3) is 10.9 Å². The lowest BCUT2D eigenvalue weighted by atomic mass is 9.82. The van der Waals surface area contributed by atoms with Crippen molar-refractivity contribution in [3.63, 3.8) is 0 Å². The maximum Gasteiger partial charge on any atom is 0.309 e. The Morgan fingerprint density at radius 3 is 2.37 bits per heavy atom. The number of para-hydroxylation sites is 1. The van der Waals surface area contributed by atoms with Crippen molar-refractivity contribution in [3.05, 3.63) is 54.2 Å². The number of aliphatic hydroxyl groups is 3. The lowest BCUT2D eigenvalue weighted by molar-refractivity contribution is -0.344. The SMILES string of the molecule is CCC(=O)O[C@@H]1CC(=O)OCCC(/C=C/Cc2cnc3ccccc3c2)CN(C)C[C@H](O)[C@H](C)C[C@H](CC=O)[C@H](O[C@@H]2OC(C)[C@H](O[C@H]3CC(C)(O)[C@@H](OC(=O)CC)C(C)O3)C(N(C)C)C2O)[C@H]1OC. The molecule has 3 aliphatic heterocycles. The van der Waals surface area contributed by atoms with Crippen LogP contribution in [0.4, 0.5) is 0 Å². The number of methoxy groups -OCH3 is 1. The highest BCUT2D eigenvalue weighted by atomic mass is 16.7. The Bertz CT molecular complexity index is 2020. The molecule has 3 aliphatic rings. The average Bonchev–Trinajstić information content (AvgIpc) is 3.30. The maximum atomic E-state index is 13.8. The van der Waals surface area contributed by atoms with Gasteiger partial charge in [-0.3, -0.25) is 19.4 Å². The molecule has 0 radical (unpaired) electrons. The van der Waals surface area contributed by atoms with Crippen LogP contribution in [0.1, 0.15) is 92.1 Å². The fourth-order valence-electron chi connectivity index (χ4n) is 10.0. The number of allylic oxidation sites excluding steroid dienone is 1. The Morgan fingerprint density at radius 1 is 0.986 bits per heavy atom. The third-order valence-electron chi connectivity index (χ3n) is 13.8. The summed E-state index contributed by atoms with van der Waals surface area (Å²) in [4.78, 5) is 60.0. The number of hydrogen-bond acceptors (Lipinski definition) is 18. The number of carbonyl (C=O) groups is 4. The monoisotopic (exact) mass is 986 g/mol. The van der Waals surface area contributed by atoms with Gasteiger partial charge in [-0.1, -0.05) is 51.1 Å². The van der Waals surface area contributed by atoms with Gasteiger partial charge in [-0.05, 0) is 96.6 Å². The van der Waals surface area contributed by atoms with Gasteiger partial charge in [0.1, 0.15) is 36.3 Å². The van der Waals surface area contributed by atoms with Gasteiger partial charge in [0.15, 0.2) is 18.7 Å². The molecular weight excluding hydrogens is 907 g/mol. The fourth-order valence-corrected chi connectivity index (χ4v) is 10.0. The Morgan fingerprint density at radius 2 is 1.70 bits per heavy atom. The van der Waals surface area contributed by atoms with Crippen LogP contribution in [0.2, 0.25) is 0 Å². The highest BCUT2D eigenvalue weighted by Crippen LogP contribution is 2.38. The summed E-state index contributed by atoms with van der Waals surface area (Å²) >= 11 is 0. The van der Waals surface area contributed by atoms with Crippen molar-refractivity contribution in [2.75, 3.05) is 47.9 Å². The quantitative estimate of drug-likeness (QED) is 0.0987. The van der Waals surface area contributed by atoms with E-state index in [1.807, 2.05) is 49.3 Å². The largest absolute Gasteiger partial charge is 0.466 e. The number of rotatable bonds is 15. The van der Waals surface area contributed by atoms with Crippen molar-refractivity contribution >= 4 is 35.1 Å². The maximum absolute atomic E-state index is 13.8. The Kier molecular flexibility index (Phi) is 21.7. The van der Waals surface area contributed by atoms with Crippen molar-refractivity contribution in [1.82, 2.24) is 14.8 Å². The summed E-state index contributed by atoms with van der Waals surface area (Å²) in [5, 5.41) is 36.5. The van der Waals surface area contributed by atoms with Crippen LogP contribution in [0.5, 0.6) is 0 Å². The lowest BCUT2D eigenvalue weighted by Gasteiger charge is -2.50. The first-order valence-electron chi connectivity index (χ1n) is 24.8. The zero-order chi connectivity index (χ0) is 51.3. The van der Waals surface area contributed by atoms with Crippen LogP contribution >= 0.6 is 0 Å². The number of carbonyl (C=O) groups excluding carboxylic acids is 4. The van der Waals surface area contributed by atoms with E-state index in [9.17, 15) is 34.5 Å². The van der Waals surface area contributed by atoms with Crippen LogP contribution in [0.3, 0.4) is 0 Å². The topological polar surface area (TPSA) is 222 Å². The molecule has 0 saturated carbocycles. The number of hydrogen-bond donors (Lipinski definition) is 3. The molecule has 5 rings (SSSR count). The lowest BCUT2D eigenvalue weighted by Crippen LogP contribution is -2.66. The minimum absolute atomic E-state index is 0.0113. The molecule has 1 aromatic heterocycles. The van der Waals surface area contributed by atoms with Gasteiger partial charge in [0, 0.05) is 57.5 Å². The standard InChI is InChI=1S/C52H79N3O15/c1-11-41(58)67-40-26-43(60)64-23-21-34(16-15-17-35-25-36-18-13-14-19-38(36)53-28-35)29-55(9)30-39(57)31(3)24-37(20-22-56)48(49(40)63-10)70-51-46(61)45(54(7)8)47(32(4)66-51)69-44-27-52(6,62)50(33(5)65-44)68-42(59)12-2/h13-16,18-19,22,25,28,31-34,37,39-40,44-51,57,61-62H,11-12,17,20-21,23-24,26-27,29-30H2,1-10H3/b16-15+/t31-,32?,33?,34?,37+,39+,40-,44+,45?,46?,47+,48+,49+,50+,51+,52?/m1/s1. The summed E-state index contributed by atoms with van der Waals surface area (Å²) in [5.41, 5.74) is 0.474. The number of aromatic nitrogens is 1. The first-order chi connectivity index (χ1) is 33.3. The normalized spacial score (nSPS) is 35.6. The van der Waals surface area contributed by atoms with E-state index < -0.39 is 115 Å². The molecule has 0 amide bonds. The summed E-state index contributed by atoms with van der Waals surface area (Å²) in [6, 6.07) is 9.26. The van der Waals surface area contributed by atoms with Crippen LogP contribution in [0, 0.1) is 17.8 Å². The molecule has 18 heteroatoms. The van der Waals surface area contributed by atoms with Crippen molar-refractivity contribution in [1.29, 1.82) is 0 Å². The molecule has 0 spiro atoms. The highest BCUT2D eigenvalue weighted by Gasteiger charge is 2.53. The van der Waals surface area contributed by atoms with Crippen LogP contribution in [0.15, 0.2) is 48.7 Å². The Hall–Kier alpha value is -3.95. The Balaban J connectivity index is 1.40. The number of fused-ring (bicyclic) bond motifs is 1. The molecule has 70 heavy (non-hydrogen) atoms. The van der Waals surface area contributed by atoms with Crippen LogP contribution in [-0.4, -0.2) is 181 Å². The Labute approximate surface area is 413 Å². The number of esters is 3. The number of aldehydes is 1. The number of pyridine rings is 1.